The minimum atomic E-state index is -1.12. The number of hydrogen-bond donors (Lipinski definition) is 2. The van der Waals surface area contributed by atoms with Gasteiger partial charge in [-0.15, -0.1) is 0 Å². The van der Waals surface area contributed by atoms with Gasteiger partial charge in [0.1, 0.15) is 11.3 Å². The van der Waals surface area contributed by atoms with Crippen LogP contribution in [0.1, 0.15) is 27.3 Å². The molecule has 1 fully saturated rings. The minimum absolute atomic E-state index is 0.000661. The monoisotopic (exact) mass is 509 g/mol. The van der Waals surface area contributed by atoms with Crippen molar-refractivity contribution in [3.63, 3.8) is 0 Å². The van der Waals surface area contributed by atoms with Gasteiger partial charge in [0.25, 0.3) is 11.8 Å². The van der Waals surface area contributed by atoms with Gasteiger partial charge in [-0.25, -0.2) is 4.79 Å². The van der Waals surface area contributed by atoms with Crippen molar-refractivity contribution in [2.45, 2.75) is 13.8 Å². The molecule has 0 spiro atoms. The predicted octanol–water partition coefficient (Wildman–Crippen LogP) is 4.29. The molecule has 0 aliphatic carbocycles. The van der Waals surface area contributed by atoms with E-state index in [1.54, 1.807) is 36.4 Å². The molecule has 0 radical (unpaired) electrons. The number of carboxylic acid groups (broad SMARTS) is 1. The second kappa shape index (κ2) is 9.36. The van der Waals surface area contributed by atoms with Crippen LogP contribution in [0.15, 0.2) is 54.1 Å². The van der Waals surface area contributed by atoms with Gasteiger partial charge in [0.15, 0.2) is 5.11 Å². The number of anilines is 1. The second-order valence-electron chi connectivity index (χ2n) is 7.79. The molecule has 1 aliphatic rings. The maximum atomic E-state index is 13.3. The first-order valence-electron chi connectivity index (χ1n) is 10.4. The number of aromatic nitrogens is 1. The molecule has 35 heavy (non-hydrogen) atoms. The van der Waals surface area contributed by atoms with Crippen LogP contribution < -0.4 is 15.0 Å². The third-order valence-corrected chi connectivity index (χ3v) is 6.24. The second-order valence-corrected chi connectivity index (χ2v) is 8.58. The average molecular weight is 510 g/mol. The number of amides is 2. The zero-order chi connectivity index (χ0) is 25.4. The van der Waals surface area contributed by atoms with E-state index < -0.39 is 17.8 Å². The predicted molar refractivity (Wildman–Crippen MR) is 136 cm³/mol. The molecular formula is C25H20ClN3O5S. The van der Waals surface area contributed by atoms with Crippen LogP contribution in [0.2, 0.25) is 5.02 Å². The number of ether oxygens (including phenoxy) is 1. The Balaban J connectivity index is 1.74. The zero-order valence-electron chi connectivity index (χ0n) is 19.0. The first-order chi connectivity index (χ1) is 16.6. The molecule has 0 unspecified atom stereocenters. The fourth-order valence-electron chi connectivity index (χ4n) is 3.93. The third kappa shape index (κ3) is 4.43. The molecule has 1 aromatic heterocycles. The highest BCUT2D eigenvalue weighted by Gasteiger charge is 2.34. The van der Waals surface area contributed by atoms with E-state index in [0.717, 1.165) is 11.4 Å². The summed E-state index contributed by atoms with van der Waals surface area (Å²) in [5, 5.41) is 11.9. The molecule has 0 saturated carbocycles. The van der Waals surface area contributed by atoms with E-state index in [1.165, 1.54) is 24.2 Å². The summed E-state index contributed by atoms with van der Waals surface area (Å²) in [7, 11) is 1.54. The smallest absolute Gasteiger partial charge is 0.337 e. The molecule has 8 nitrogen and oxygen atoms in total. The van der Waals surface area contributed by atoms with Crippen LogP contribution in [-0.4, -0.2) is 39.7 Å². The van der Waals surface area contributed by atoms with E-state index in [1.807, 2.05) is 24.5 Å². The van der Waals surface area contributed by atoms with Crippen LogP contribution in [0.3, 0.4) is 0 Å². The molecule has 0 atom stereocenters. The van der Waals surface area contributed by atoms with Gasteiger partial charge in [0, 0.05) is 17.1 Å². The Kier molecular flexibility index (Phi) is 6.47. The van der Waals surface area contributed by atoms with Gasteiger partial charge in [0.2, 0.25) is 0 Å². The standard InChI is InChI=1S/C25H20ClN3O5S/c1-13-10-15(14(2)28(13)17-6-9-19(24(32)33)21(26)12-17)11-20-22(30)27-25(35)29(23(20)31)16-4-7-18(34-3)8-5-16/h4-12H,1-3H3,(H,32,33)(H,27,30,35). The number of aromatic carboxylic acids is 1. The number of carbonyl (C=O) groups is 3. The van der Waals surface area contributed by atoms with Crippen LogP contribution in [0, 0.1) is 13.8 Å². The zero-order valence-corrected chi connectivity index (χ0v) is 20.5. The molecular weight excluding hydrogens is 490 g/mol. The Bertz CT molecular complexity index is 1430. The fraction of sp³-hybridized carbons (Fsp3) is 0.120. The fourth-order valence-corrected chi connectivity index (χ4v) is 4.46. The van der Waals surface area contributed by atoms with Gasteiger partial charge in [0.05, 0.1) is 23.4 Å². The molecule has 1 saturated heterocycles. The Labute approximate surface area is 211 Å². The molecule has 0 bridgehead atoms. The molecule has 2 heterocycles. The Hall–Kier alpha value is -3.95. The Morgan fingerprint density at radius 3 is 2.34 bits per heavy atom. The van der Waals surface area contributed by atoms with E-state index in [-0.39, 0.29) is 21.3 Å². The molecule has 2 aromatic carbocycles. The molecule has 178 valence electrons. The molecule has 4 rings (SSSR count). The van der Waals surface area contributed by atoms with Crippen molar-refractivity contribution in [1.82, 2.24) is 9.88 Å². The highest BCUT2D eigenvalue weighted by Crippen LogP contribution is 2.28. The summed E-state index contributed by atoms with van der Waals surface area (Å²) < 4.78 is 7.02. The summed E-state index contributed by atoms with van der Waals surface area (Å²) in [6, 6.07) is 13.2. The highest BCUT2D eigenvalue weighted by molar-refractivity contribution is 7.80. The van der Waals surface area contributed by atoms with Crippen LogP contribution >= 0.6 is 23.8 Å². The lowest BCUT2D eigenvalue weighted by Crippen LogP contribution is -2.54. The van der Waals surface area contributed by atoms with Crippen molar-refractivity contribution < 1.29 is 24.2 Å². The SMILES string of the molecule is COc1ccc(N2C(=O)C(=Cc3cc(C)n(-c4ccc(C(=O)O)c(Cl)c4)c3C)C(=O)NC2=S)cc1. The lowest BCUT2D eigenvalue weighted by atomic mass is 10.1. The first-order valence-corrected chi connectivity index (χ1v) is 11.2. The van der Waals surface area contributed by atoms with Gasteiger partial charge in [-0.05, 0) is 86.2 Å². The summed E-state index contributed by atoms with van der Waals surface area (Å²) >= 11 is 11.4. The molecule has 2 N–H and O–H groups in total. The van der Waals surface area contributed by atoms with Gasteiger partial charge < -0.3 is 14.4 Å². The van der Waals surface area contributed by atoms with Crippen LogP contribution in [-0.2, 0) is 9.59 Å². The molecule has 10 heteroatoms. The normalized spacial score (nSPS) is 14.9. The summed E-state index contributed by atoms with van der Waals surface area (Å²) in [4.78, 5) is 38.6. The van der Waals surface area contributed by atoms with Crippen molar-refractivity contribution in [1.29, 1.82) is 0 Å². The van der Waals surface area contributed by atoms with Gasteiger partial charge in [-0.3, -0.25) is 19.8 Å². The largest absolute Gasteiger partial charge is 0.497 e. The number of rotatable bonds is 5. The van der Waals surface area contributed by atoms with Gasteiger partial charge in [-0.1, -0.05) is 11.6 Å². The number of aryl methyl sites for hydroxylation is 1. The summed E-state index contributed by atoms with van der Waals surface area (Å²) in [6.45, 7) is 3.69. The van der Waals surface area contributed by atoms with Crippen molar-refractivity contribution >= 4 is 58.5 Å². The van der Waals surface area contributed by atoms with E-state index in [0.29, 0.717) is 22.7 Å². The van der Waals surface area contributed by atoms with E-state index >= 15 is 0 Å². The number of nitrogens with one attached hydrogen (secondary N) is 1. The maximum absolute atomic E-state index is 13.3. The van der Waals surface area contributed by atoms with Crippen molar-refractivity contribution in [3.8, 4) is 11.4 Å². The van der Waals surface area contributed by atoms with Crippen molar-refractivity contribution in [2.75, 3.05) is 12.0 Å². The van der Waals surface area contributed by atoms with E-state index in [4.69, 9.17) is 28.6 Å². The molecule has 1 aliphatic heterocycles. The highest BCUT2D eigenvalue weighted by atomic mass is 35.5. The van der Waals surface area contributed by atoms with Gasteiger partial charge >= 0.3 is 5.97 Å². The van der Waals surface area contributed by atoms with E-state index in [2.05, 4.69) is 5.32 Å². The summed E-state index contributed by atoms with van der Waals surface area (Å²) in [5.74, 6) is -1.65. The number of thiocarbonyl (C=S) groups is 1. The minimum Gasteiger partial charge on any atom is -0.497 e. The summed E-state index contributed by atoms with van der Waals surface area (Å²) in [5.41, 5.74) is 3.25. The number of benzene rings is 2. The third-order valence-electron chi connectivity index (χ3n) is 5.64. The lowest BCUT2D eigenvalue weighted by molar-refractivity contribution is -0.122. The van der Waals surface area contributed by atoms with Crippen molar-refractivity contribution in [2.24, 2.45) is 0 Å². The van der Waals surface area contributed by atoms with Crippen LogP contribution in [0.5, 0.6) is 5.75 Å². The van der Waals surface area contributed by atoms with Crippen molar-refractivity contribution in [3.05, 3.63) is 81.6 Å². The topological polar surface area (TPSA) is 101 Å². The lowest BCUT2D eigenvalue weighted by Gasteiger charge is -2.29. The maximum Gasteiger partial charge on any atom is 0.337 e. The molecule has 2 amide bonds. The Morgan fingerprint density at radius 1 is 1.09 bits per heavy atom. The number of carbonyl (C=O) groups excluding carboxylic acids is 2. The number of nitrogens with zero attached hydrogens (tertiary/aromatic N) is 2. The molecule has 3 aromatic rings. The summed E-state index contributed by atoms with van der Waals surface area (Å²) in [6.07, 6.45) is 1.52. The quantitative estimate of drug-likeness (QED) is 0.302. The van der Waals surface area contributed by atoms with E-state index in [9.17, 15) is 19.5 Å². The number of hydrogen-bond acceptors (Lipinski definition) is 5. The van der Waals surface area contributed by atoms with Crippen LogP contribution in [0.4, 0.5) is 5.69 Å². The number of carboxylic acids is 1. The average Bonchev–Trinajstić information content (AvgIpc) is 3.09. The number of methoxy groups -OCH3 is 1. The first kappa shape index (κ1) is 24.2. The van der Waals surface area contributed by atoms with Crippen LogP contribution in [0.25, 0.3) is 11.8 Å². The van der Waals surface area contributed by atoms with Gasteiger partial charge in [-0.2, -0.15) is 0 Å². The Morgan fingerprint density at radius 2 is 1.74 bits per heavy atom. The number of halogens is 1.